The summed E-state index contributed by atoms with van der Waals surface area (Å²) in [6, 6.07) is 18.0. The molecule has 36 heavy (non-hydrogen) atoms. The third-order valence-corrected chi connectivity index (χ3v) is 6.93. The number of aryl methyl sites for hydroxylation is 1. The van der Waals surface area contributed by atoms with Gasteiger partial charge in [0.15, 0.2) is 0 Å². The molecule has 1 heterocycles. The maximum absolute atomic E-state index is 12.8. The van der Waals surface area contributed by atoms with E-state index in [0.29, 0.717) is 32.6 Å². The first-order valence-electron chi connectivity index (χ1n) is 10.8. The number of rotatable bonds is 7. The van der Waals surface area contributed by atoms with Crippen molar-refractivity contribution in [2.24, 2.45) is 0 Å². The molecule has 4 rings (SSSR count). The van der Waals surface area contributed by atoms with Gasteiger partial charge in [-0.2, -0.15) is 0 Å². The molecule has 0 bridgehead atoms. The molecule has 0 spiro atoms. The zero-order valence-corrected chi connectivity index (χ0v) is 23.7. The summed E-state index contributed by atoms with van der Waals surface area (Å²) in [5, 5.41) is 5.22. The molecule has 2 N–H and O–H groups in total. The van der Waals surface area contributed by atoms with Gasteiger partial charge in [-0.15, -0.1) is 0 Å². The van der Waals surface area contributed by atoms with E-state index in [1.165, 1.54) is 0 Å². The molecule has 0 radical (unpaired) electrons. The normalized spacial score (nSPS) is 14.2. The Labute approximate surface area is 233 Å². The van der Waals surface area contributed by atoms with Crippen LogP contribution in [0.1, 0.15) is 16.7 Å². The van der Waals surface area contributed by atoms with Crippen LogP contribution in [0.15, 0.2) is 79.8 Å². The van der Waals surface area contributed by atoms with E-state index in [4.69, 9.17) is 4.74 Å². The number of hydrogen-bond donors (Lipinski definition) is 2. The Kier molecular flexibility index (Phi) is 8.28. The second-order valence-corrected chi connectivity index (χ2v) is 10.6. The molecule has 0 aromatic heterocycles. The number of nitrogens with zero attached hydrogens (tertiary/aromatic N) is 1. The molecular weight excluding hydrogens is 658 g/mol. The van der Waals surface area contributed by atoms with Gasteiger partial charge >= 0.3 is 6.03 Å². The highest BCUT2D eigenvalue weighted by molar-refractivity contribution is 9.11. The van der Waals surface area contributed by atoms with Crippen LogP contribution in [0.5, 0.6) is 5.75 Å². The van der Waals surface area contributed by atoms with Crippen molar-refractivity contribution in [1.29, 1.82) is 0 Å². The van der Waals surface area contributed by atoms with Crippen molar-refractivity contribution >= 4 is 77.4 Å². The predicted octanol–water partition coefficient (Wildman–Crippen LogP) is 6.39. The Hall–Kier alpha value is -2.95. The fraction of sp³-hybridized carbons (Fsp3) is 0.115. The number of amides is 4. The van der Waals surface area contributed by atoms with Crippen LogP contribution in [0.3, 0.4) is 0 Å². The smallest absolute Gasteiger partial charge is 0.329 e. The van der Waals surface area contributed by atoms with Gasteiger partial charge in [0.2, 0.25) is 5.91 Å². The Morgan fingerprint density at radius 2 is 1.64 bits per heavy atom. The second-order valence-electron chi connectivity index (χ2n) is 8.02. The molecule has 184 valence electrons. The van der Waals surface area contributed by atoms with Crippen LogP contribution in [-0.2, 0) is 16.2 Å². The molecule has 1 aliphatic heterocycles. The summed E-state index contributed by atoms with van der Waals surface area (Å²) in [6.45, 7) is 1.92. The Morgan fingerprint density at radius 1 is 1.00 bits per heavy atom. The topological polar surface area (TPSA) is 87.7 Å². The predicted molar refractivity (Wildman–Crippen MR) is 148 cm³/mol. The van der Waals surface area contributed by atoms with Crippen LogP contribution < -0.4 is 15.4 Å². The molecule has 0 saturated carbocycles. The van der Waals surface area contributed by atoms with E-state index in [1.54, 1.807) is 30.3 Å². The maximum atomic E-state index is 12.8. The third-order valence-electron chi connectivity index (χ3n) is 5.23. The third kappa shape index (κ3) is 6.43. The average molecular weight is 678 g/mol. The average Bonchev–Trinajstić information content (AvgIpc) is 3.08. The summed E-state index contributed by atoms with van der Waals surface area (Å²) in [7, 11) is 0. The van der Waals surface area contributed by atoms with E-state index in [1.807, 2.05) is 43.3 Å². The molecule has 3 aromatic rings. The first kappa shape index (κ1) is 26.1. The van der Waals surface area contributed by atoms with Crippen molar-refractivity contribution in [2.75, 3.05) is 11.9 Å². The number of imide groups is 1. The number of nitrogens with one attached hydrogen (secondary N) is 2. The van der Waals surface area contributed by atoms with Crippen LogP contribution in [0.25, 0.3) is 6.08 Å². The molecule has 1 saturated heterocycles. The maximum Gasteiger partial charge on any atom is 0.329 e. The van der Waals surface area contributed by atoms with Crippen molar-refractivity contribution in [2.45, 2.75) is 13.5 Å². The van der Waals surface area contributed by atoms with Gasteiger partial charge in [-0.25, -0.2) is 9.69 Å². The highest BCUT2D eigenvalue weighted by Crippen LogP contribution is 2.36. The number of anilines is 1. The van der Waals surface area contributed by atoms with Gasteiger partial charge in [0.05, 0.1) is 8.95 Å². The monoisotopic (exact) mass is 675 g/mol. The Balaban J connectivity index is 1.43. The number of carbonyl (C=O) groups excluding carboxylic acids is 3. The molecule has 10 heteroatoms. The summed E-state index contributed by atoms with van der Waals surface area (Å²) >= 11 is 10.4. The van der Waals surface area contributed by atoms with Crippen molar-refractivity contribution in [3.63, 3.8) is 0 Å². The molecule has 0 unspecified atom stereocenters. The lowest BCUT2D eigenvalue weighted by atomic mass is 10.2. The van der Waals surface area contributed by atoms with Gasteiger partial charge in [0, 0.05) is 10.2 Å². The summed E-state index contributed by atoms with van der Waals surface area (Å²) in [4.78, 5) is 38.4. The van der Waals surface area contributed by atoms with Crippen LogP contribution in [0.4, 0.5) is 10.5 Å². The minimum Gasteiger partial charge on any atom is -0.487 e. The second kappa shape index (κ2) is 11.4. The molecule has 7 nitrogen and oxygen atoms in total. The largest absolute Gasteiger partial charge is 0.487 e. The number of ether oxygens (including phenoxy) is 1. The van der Waals surface area contributed by atoms with Gasteiger partial charge in [0.25, 0.3) is 5.91 Å². The highest BCUT2D eigenvalue weighted by atomic mass is 79.9. The van der Waals surface area contributed by atoms with Gasteiger partial charge in [0.1, 0.15) is 24.6 Å². The molecular formula is C26H20Br3N3O4. The summed E-state index contributed by atoms with van der Waals surface area (Å²) in [6.07, 6.45) is 1.55. The number of urea groups is 1. The first-order chi connectivity index (χ1) is 17.2. The van der Waals surface area contributed by atoms with E-state index in [0.717, 1.165) is 20.5 Å². The lowest BCUT2D eigenvalue weighted by molar-refractivity contribution is -0.127. The molecule has 1 fully saturated rings. The zero-order chi connectivity index (χ0) is 25.8. The number of carbonyl (C=O) groups is 3. The van der Waals surface area contributed by atoms with Crippen LogP contribution in [-0.4, -0.2) is 29.3 Å². The van der Waals surface area contributed by atoms with Crippen LogP contribution in [0.2, 0.25) is 0 Å². The van der Waals surface area contributed by atoms with Gasteiger partial charge < -0.3 is 15.4 Å². The van der Waals surface area contributed by atoms with E-state index in [9.17, 15) is 14.4 Å². The summed E-state index contributed by atoms with van der Waals surface area (Å²) in [5.74, 6) is -0.445. The standard InChI is InChI=1S/C26H20Br3N3O4/c1-15-2-8-19(9-3-15)30-23(33)13-32-25(34)22(31-26(32)35)12-17-10-20(28)24(21(29)11-17)36-14-16-4-6-18(27)7-5-16/h2-12H,13-14H2,1H3,(H,30,33)(H,31,35)/b22-12+. The summed E-state index contributed by atoms with van der Waals surface area (Å²) in [5.41, 5.74) is 3.38. The highest BCUT2D eigenvalue weighted by Gasteiger charge is 2.35. The fourth-order valence-corrected chi connectivity index (χ4v) is 5.11. The van der Waals surface area contributed by atoms with Crippen LogP contribution in [0, 0.1) is 6.92 Å². The van der Waals surface area contributed by atoms with Crippen LogP contribution >= 0.6 is 47.8 Å². The van der Waals surface area contributed by atoms with Crippen molar-refractivity contribution in [1.82, 2.24) is 10.2 Å². The van der Waals surface area contributed by atoms with Gasteiger partial charge in [-0.3, -0.25) is 9.59 Å². The Bertz CT molecular complexity index is 1330. The van der Waals surface area contributed by atoms with E-state index >= 15 is 0 Å². The molecule has 0 atom stereocenters. The molecule has 1 aliphatic rings. The van der Waals surface area contributed by atoms with Crippen molar-refractivity contribution in [3.8, 4) is 5.75 Å². The van der Waals surface area contributed by atoms with Crippen molar-refractivity contribution in [3.05, 3.63) is 96.5 Å². The quantitative estimate of drug-likeness (QED) is 0.224. The number of halogens is 3. The van der Waals surface area contributed by atoms with Gasteiger partial charge in [-0.05, 0) is 92.4 Å². The minimum absolute atomic E-state index is 0.0745. The number of benzene rings is 3. The molecule has 3 aromatic carbocycles. The summed E-state index contributed by atoms with van der Waals surface area (Å²) < 4.78 is 8.29. The first-order valence-corrected chi connectivity index (χ1v) is 13.1. The SMILES string of the molecule is Cc1ccc(NC(=O)CN2C(=O)N/C(=C/c3cc(Br)c(OCc4ccc(Br)cc4)c(Br)c3)C2=O)cc1. The lowest BCUT2D eigenvalue weighted by Crippen LogP contribution is -2.38. The van der Waals surface area contributed by atoms with E-state index in [-0.39, 0.29) is 5.70 Å². The fourth-order valence-electron chi connectivity index (χ4n) is 3.40. The van der Waals surface area contributed by atoms with Gasteiger partial charge in [-0.1, -0.05) is 45.8 Å². The minimum atomic E-state index is -0.655. The molecule has 0 aliphatic carbocycles. The lowest BCUT2D eigenvalue weighted by Gasteiger charge is -2.12. The molecule has 4 amide bonds. The zero-order valence-electron chi connectivity index (χ0n) is 19.0. The number of hydrogen-bond acceptors (Lipinski definition) is 4. The van der Waals surface area contributed by atoms with E-state index < -0.39 is 24.4 Å². The Morgan fingerprint density at radius 3 is 2.28 bits per heavy atom. The van der Waals surface area contributed by atoms with Crippen molar-refractivity contribution < 1.29 is 19.1 Å². The van der Waals surface area contributed by atoms with E-state index in [2.05, 4.69) is 58.4 Å².